The molecule has 0 amide bonds. The largest absolute Gasteiger partial charge is 0.493 e. The van der Waals surface area contributed by atoms with Crippen LogP contribution in [-0.4, -0.2) is 14.2 Å². The molecule has 1 aromatic heterocycles. The predicted octanol–water partition coefficient (Wildman–Crippen LogP) is 4.40. The van der Waals surface area contributed by atoms with E-state index in [0.717, 1.165) is 11.1 Å². The smallest absolute Gasteiger partial charge is 0.193 e. The molecule has 0 aliphatic rings. The molecular formula is C20H20O4. The van der Waals surface area contributed by atoms with Crippen LogP contribution in [0.5, 0.6) is 11.5 Å². The number of methoxy groups -OCH3 is 2. The van der Waals surface area contributed by atoms with Gasteiger partial charge in [-0.25, -0.2) is 0 Å². The fourth-order valence-corrected chi connectivity index (χ4v) is 2.91. The molecule has 0 aliphatic heterocycles. The standard InChI is InChI=1S/C20H20O4/c1-11-6-7-14(8-12(11)2)16-9-15(21)19-13(3)20(23-5)18(22-4)10-17(19)24-16/h6-10H,1-5H3. The first-order chi connectivity index (χ1) is 11.5. The van der Waals surface area contributed by atoms with E-state index in [1.54, 1.807) is 20.3 Å². The summed E-state index contributed by atoms with van der Waals surface area (Å²) in [7, 11) is 3.12. The average Bonchev–Trinajstić information content (AvgIpc) is 2.56. The Hall–Kier alpha value is -2.75. The van der Waals surface area contributed by atoms with Crippen LogP contribution in [0.25, 0.3) is 22.3 Å². The van der Waals surface area contributed by atoms with Gasteiger partial charge in [0.2, 0.25) is 0 Å². The normalized spacial score (nSPS) is 10.9. The quantitative estimate of drug-likeness (QED) is 0.716. The minimum Gasteiger partial charge on any atom is -0.493 e. The van der Waals surface area contributed by atoms with Crippen molar-refractivity contribution in [1.29, 1.82) is 0 Å². The third-order valence-corrected chi connectivity index (χ3v) is 4.39. The first-order valence-corrected chi connectivity index (χ1v) is 7.73. The van der Waals surface area contributed by atoms with E-state index in [4.69, 9.17) is 13.9 Å². The third-order valence-electron chi connectivity index (χ3n) is 4.39. The van der Waals surface area contributed by atoms with Gasteiger partial charge in [0.15, 0.2) is 16.9 Å². The fourth-order valence-electron chi connectivity index (χ4n) is 2.91. The molecule has 0 bridgehead atoms. The summed E-state index contributed by atoms with van der Waals surface area (Å²) in [6.07, 6.45) is 0. The van der Waals surface area contributed by atoms with Gasteiger partial charge >= 0.3 is 0 Å². The summed E-state index contributed by atoms with van der Waals surface area (Å²) in [5.41, 5.74) is 4.34. The summed E-state index contributed by atoms with van der Waals surface area (Å²) in [5, 5.41) is 0.514. The van der Waals surface area contributed by atoms with Crippen LogP contribution >= 0.6 is 0 Å². The molecule has 1 heterocycles. The highest BCUT2D eigenvalue weighted by atomic mass is 16.5. The summed E-state index contributed by atoms with van der Waals surface area (Å²) >= 11 is 0. The van der Waals surface area contributed by atoms with Gasteiger partial charge in [0, 0.05) is 23.3 Å². The Morgan fingerprint density at radius 1 is 0.917 bits per heavy atom. The number of ether oxygens (including phenoxy) is 2. The lowest BCUT2D eigenvalue weighted by atomic mass is 10.0. The summed E-state index contributed by atoms with van der Waals surface area (Å²) < 4.78 is 16.7. The molecule has 0 radical (unpaired) electrons. The lowest BCUT2D eigenvalue weighted by molar-refractivity contribution is 0.353. The van der Waals surface area contributed by atoms with Crippen molar-refractivity contribution in [2.24, 2.45) is 0 Å². The highest BCUT2D eigenvalue weighted by Crippen LogP contribution is 2.36. The van der Waals surface area contributed by atoms with E-state index < -0.39 is 0 Å². The van der Waals surface area contributed by atoms with Crippen LogP contribution in [0.15, 0.2) is 39.5 Å². The highest BCUT2D eigenvalue weighted by molar-refractivity contribution is 5.86. The second kappa shape index (κ2) is 6.04. The molecule has 3 aromatic rings. The molecule has 4 heteroatoms. The summed E-state index contributed by atoms with van der Waals surface area (Å²) in [6.45, 7) is 5.92. The molecule has 0 saturated heterocycles. The molecule has 124 valence electrons. The number of rotatable bonds is 3. The Kier molecular flexibility index (Phi) is 4.06. The van der Waals surface area contributed by atoms with Crippen LogP contribution in [0.2, 0.25) is 0 Å². The van der Waals surface area contributed by atoms with Gasteiger partial charge in [-0.3, -0.25) is 4.79 Å². The highest BCUT2D eigenvalue weighted by Gasteiger charge is 2.17. The molecule has 0 saturated carbocycles. The molecule has 0 fully saturated rings. The molecule has 0 N–H and O–H groups in total. The number of hydrogen-bond donors (Lipinski definition) is 0. The molecule has 0 atom stereocenters. The monoisotopic (exact) mass is 324 g/mol. The molecular weight excluding hydrogens is 304 g/mol. The average molecular weight is 324 g/mol. The van der Waals surface area contributed by atoms with E-state index in [2.05, 4.69) is 6.92 Å². The second-order valence-corrected chi connectivity index (χ2v) is 5.88. The molecule has 3 rings (SSSR count). The van der Waals surface area contributed by atoms with Crippen LogP contribution in [0, 0.1) is 20.8 Å². The van der Waals surface area contributed by atoms with E-state index in [0.29, 0.717) is 33.8 Å². The summed E-state index contributed by atoms with van der Waals surface area (Å²) in [6, 6.07) is 9.24. The molecule has 4 nitrogen and oxygen atoms in total. The Morgan fingerprint density at radius 2 is 1.67 bits per heavy atom. The van der Waals surface area contributed by atoms with Crippen LogP contribution in [0.1, 0.15) is 16.7 Å². The van der Waals surface area contributed by atoms with Crippen molar-refractivity contribution in [1.82, 2.24) is 0 Å². The van der Waals surface area contributed by atoms with Gasteiger partial charge in [0.25, 0.3) is 0 Å². The van der Waals surface area contributed by atoms with E-state index in [9.17, 15) is 4.79 Å². The van der Waals surface area contributed by atoms with Gasteiger partial charge in [-0.1, -0.05) is 12.1 Å². The molecule has 2 aromatic carbocycles. The van der Waals surface area contributed by atoms with Crippen molar-refractivity contribution in [3.05, 3.63) is 57.2 Å². The SMILES string of the molecule is COc1cc2oc(-c3ccc(C)c(C)c3)cc(=O)c2c(C)c1OC. The zero-order chi connectivity index (χ0) is 17.4. The van der Waals surface area contributed by atoms with Gasteiger partial charge in [0.1, 0.15) is 11.3 Å². The minimum absolute atomic E-state index is 0.0945. The van der Waals surface area contributed by atoms with Crippen molar-refractivity contribution in [3.63, 3.8) is 0 Å². The van der Waals surface area contributed by atoms with Gasteiger partial charge in [-0.2, -0.15) is 0 Å². The summed E-state index contributed by atoms with van der Waals surface area (Å²) in [4.78, 5) is 12.7. The van der Waals surface area contributed by atoms with Crippen LogP contribution in [0.3, 0.4) is 0 Å². The van der Waals surface area contributed by atoms with Crippen molar-refractivity contribution in [2.45, 2.75) is 20.8 Å². The number of fused-ring (bicyclic) bond motifs is 1. The fraction of sp³-hybridized carbons (Fsp3) is 0.250. The second-order valence-electron chi connectivity index (χ2n) is 5.88. The molecule has 0 unspecified atom stereocenters. The zero-order valence-electron chi connectivity index (χ0n) is 14.5. The Balaban J connectivity index is 2.30. The third kappa shape index (κ3) is 2.54. The Bertz CT molecular complexity index is 983. The van der Waals surface area contributed by atoms with E-state index in [1.807, 2.05) is 32.0 Å². The Morgan fingerprint density at radius 3 is 2.29 bits per heavy atom. The van der Waals surface area contributed by atoms with E-state index in [-0.39, 0.29) is 5.43 Å². The Labute approximate surface area is 140 Å². The first kappa shape index (κ1) is 16.1. The minimum atomic E-state index is -0.0945. The predicted molar refractivity (Wildman–Crippen MR) is 95.2 cm³/mol. The maximum atomic E-state index is 12.7. The van der Waals surface area contributed by atoms with Crippen LogP contribution < -0.4 is 14.9 Å². The van der Waals surface area contributed by atoms with Crippen molar-refractivity contribution in [2.75, 3.05) is 14.2 Å². The van der Waals surface area contributed by atoms with Gasteiger partial charge in [0.05, 0.1) is 19.6 Å². The van der Waals surface area contributed by atoms with Crippen LogP contribution in [0.4, 0.5) is 0 Å². The van der Waals surface area contributed by atoms with E-state index in [1.165, 1.54) is 11.6 Å². The van der Waals surface area contributed by atoms with Gasteiger partial charge in [-0.15, -0.1) is 0 Å². The summed E-state index contributed by atoms with van der Waals surface area (Å²) in [5.74, 6) is 1.64. The van der Waals surface area contributed by atoms with E-state index >= 15 is 0 Å². The van der Waals surface area contributed by atoms with Gasteiger partial charge < -0.3 is 13.9 Å². The van der Waals surface area contributed by atoms with Crippen molar-refractivity contribution in [3.8, 4) is 22.8 Å². The van der Waals surface area contributed by atoms with Crippen molar-refractivity contribution < 1.29 is 13.9 Å². The maximum absolute atomic E-state index is 12.7. The topological polar surface area (TPSA) is 48.7 Å². The lowest BCUT2D eigenvalue weighted by Gasteiger charge is -2.13. The molecule has 0 aliphatic carbocycles. The number of aryl methyl sites for hydroxylation is 3. The van der Waals surface area contributed by atoms with Gasteiger partial charge in [-0.05, 0) is 38.0 Å². The lowest BCUT2D eigenvalue weighted by Crippen LogP contribution is -2.05. The first-order valence-electron chi connectivity index (χ1n) is 7.73. The maximum Gasteiger partial charge on any atom is 0.193 e. The van der Waals surface area contributed by atoms with Crippen LogP contribution in [-0.2, 0) is 0 Å². The molecule has 24 heavy (non-hydrogen) atoms. The zero-order valence-corrected chi connectivity index (χ0v) is 14.5. The molecule has 0 spiro atoms. The number of benzene rings is 2. The number of hydrogen-bond acceptors (Lipinski definition) is 4. The van der Waals surface area contributed by atoms with Crippen molar-refractivity contribution >= 4 is 11.0 Å².